The van der Waals surface area contributed by atoms with Gasteiger partial charge in [-0.15, -0.1) is 5.17 Å². The molecule has 1 amide bonds. The van der Waals surface area contributed by atoms with Crippen molar-refractivity contribution in [1.82, 2.24) is 20.8 Å². The van der Waals surface area contributed by atoms with E-state index < -0.39 is 0 Å². The van der Waals surface area contributed by atoms with E-state index in [2.05, 4.69) is 15.6 Å². The number of hydrogen-bond acceptors (Lipinski definition) is 5. The lowest BCUT2D eigenvalue weighted by molar-refractivity contribution is -0.146. The summed E-state index contributed by atoms with van der Waals surface area (Å²) in [6.45, 7) is 4.60. The highest BCUT2D eigenvalue weighted by atomic mass is 16.5. The molecule has 0 bridgehead atoms. The molecule has 1 heterocycles. The lowest BCUT2D eigenvalue weighted by atomic mass is 9.96. The summed E-state index contributed by atoms with van der Waals surface area (Å²) in [6, 6.07) is 9.70. The van der Waals surface area contributed by atoms with Crippen molar-refractivity contribution in [3.05, 3.63) is 35.9 Å². The summed E-state index contributed by atoms with van der Waals surface area (Å²) in [5.41, 5.74) is 3.78. The van der Waals surface area contributed by atoms with Gasteiger partial charge in [0.1, 0.15) is 0 Å². The Hall–Kier alpha value is -1.47. The number of rotatable bonds is 8. The van der Waals surface area contributed by atoms with Crippen LogP contribution in [0.4, 0.5) is 0 Å². The molecule has 1 aromatic rings. The molecule has 6 nitrogen and oxygen atoms in total. The molecule has 0 aromatic heterocycles. The largest absolute Gasteiger partial charge is 0.352 e. The fourth-order valence-corrected chi connectivity index (χ4v) is 3.11. The molecule has 1 saturated heterocycles. The predicted molar refractivity (Wildman–Crippen MR) is 92.6 cm³/mol. The van der Waals surface area contributed by atoms with Gasteiger partial charge in [0.15, 0.2) is 0 Å². The average molecular weight is 332 g/mol. The van der Waals surface area contributed by atoms with Gasteiger partial charge in [0, 0.05) is 25.2 Å². The lowest BCUT2D eigenvalue weighted by Crippen LogP contribution is -2.44. The van der Waals surface area contributed by atoms with E-state index in [0.29, 0.717) is 12.0 Å². The Labute approximate surface area is 143 Å². The SMILES string of the molecule is O=C(NCC1CCN(CCNN(O)C2CC2)CC1)c1ccccc1. The first kappa shape index (κ1) is 17.4. The van der Waals surface area contributed by atoms with Gasteiger partial charge < -0.3 is 10.2 Å². The van der Waals surface area contributed by atoms with E-state index in [4.69, 9.17) is 0 Å². The maximum atomic E-state index is 12.1. The maximum Gasteiger partial charge on any atom is 0.251 e. The number of hydrogen-bond donors (Lipinski definition) is 3. The van der Waals surface area contributed by atoms with Crippen molar-refractivity contribution in [3.8, 4) is 0 Å². The molecule has 2 fully saturated rings. The van der Waals surface area contributed by atoms with Crippen molar-refractivity contribution in [1.29, 1.82) is 0 Å². The van der Waals surface area contributed by atoms with Crippen molar-refractivity contribution in [3.63, 3.8) is 0 Å². The van der Waals surface area contributed by atoms with Crippen LogP contribution in [0.3, 0.4) is 0 Å². The summed E-state index contributed by atoms with van der Waals surface area (Å²) in [7, 11) is 0. The van der Waals surface area contributed by atoms with Gasteiger partial charge in [0.05, 0.1) is 6.04 Å². The molecule has 1 aliphatic heterocycles. The molecule has 1 aromatic carbocycles. The standard InChI is InChI=1S/C18H28N4O2/c23-18(16-4-2-1-3-5-16)19-14-15-8-11-21(12-9-15)13-10-20-22(24)17-6-7-17/h1-5,15,17,20,24H,6-14H2,(H,19,23). The monoisotopic (exact) mass is 332 g/mol. The summed E-state index contributed by atoms with van der Waals surface area (Å²) >= 11 is 0. The molecular weight excluding hydrogens is 304 g/mol. The molecule has 0 atom stereocenters. The Morgan fingerprint density at radius 3 is 2.54 bits per heavy atom. The van der Waals surface area contributed by atoms with Crippen LogP contribution >= 0.6 is 0 Å². The molecule has 24 heavy (non-hydrogen) atoms. The zero-order valence-electron chi connectivity index (χ0n) is 14.2. The van der Waals surface area contributed by atoms with Gasteiger partial charge in [-0.1, -0.05) is 18.2 Å². The van der Waals surface area contributed by atoms with Gasteiger partial charge in [-0.05, 0) is 56.8 Å². The molecule has 6 heteroatoms. The average Bonchev–Trinajstić information content (AvgIpc) is 3.46. The number of benzene rings is 1. The molecule has 0 radical (unpaired) electrons. The van der Waals surface area contributed by atoms with Crippen molar-refractivity contribution >= 4 is 5.91 Å². The van der Waals surface area contributed by atoms with E-state index in [9.17, 15) is 10.0 Å². The summed E-state index contributed by atoms with van der Waals surface area (Å²) < 4.78 is 0. The lowest BCUT2D eigenvalue weighted by Gasteiger charge is -2.32. The number of likely N-dealkylation sites (tertiary alicyclic amines) is 1. The minimum atomic E-state index is 0.0188. The molecule has 3 rings (SSSR count). The van der Waals surface area contributed by atoms with Crippen LogP contribution < -0.4 is 10.7 Å². The molecule has 1 saturated carbocycles. The van der Waals surface area contributed by atoms with Crippen LogP contribution in [0.25, 0.3) is 0 Å². The number of hydroxylamine groups is 1. The molecule has 3 N–H and O–H groups in total. The Morgan fingerprint density at radius 2 is 1.88 bits per heavy atom. The van der Waals surface area contributed by atoms with Crippen LogP contribution in [0.5, 0.6) is 0 Å². The van der Waals surface area contributed by atoms with Gasteiger partial charge in [-0.3, -0.25) is 10.0 Å². The smallest absolute Gasteiger partial charge is 0.251 e. The second-order valence-electron chi connectivity index (χ2n) is 6.84. The highest BCUT2D eigenvalue weighted by Gasteiger charge is 2.28. The second-order valence-corrected chi connectivity index (χ2v) is 6.84. The predicted octanol–water partition coefficient (Wildman–Crippen LogP) is 1.49. The third kappa shape index (κ3) is 5.27. The summed E-state index contributed by atoms with van der Waals surface area (Å²) in [6.07, 6.45) is 4.40. The van der Waals surface area contributed by atoms with Crippen molar-refractivity contribution < 1.29 is 10.0 Å². The topological polar surface area (TPSA) is 67.8 Å². The van der Waals surface area contributed by atoms with Crippen molar-refractivity contribution in [2.75, 3.05) is 32.7 Å². The molecule has 0 unspecified atom stereocenters. The molecule has 1 aliphatic carbocycles. The Morgan fingerprint density at radius 1 is 1.17 bits per heavy atom. The number of nitrogens with one attached hydrogen (secondary N) is 2. The molecule has 2 aliphatic rings. The van der Waals surface area contributed by atoms with Crippen LogP contribution in [0.1, 0.15) is 36.0 Å². The Balaban J connectivity index is 1.28. The maximum absolute atomic E-state index is 12.1. The van der Waals surface area contributed by atoms with E-state index in [1.807, 2.05) is 30.3 Å². The molecular formula is C18H28N4O2. The minimum Gasteiger partial charge on any atom is -0.352 e. The highest BCUT2D eigenvalue weighted by Crippen LogP contribution is 2.23. The van der Waals surface area contributed by atoms with Crippen LogP contribution in [0.2, 0.25) is 0 Å². The van der Waals surface area contributed by atoms with Gasteiger partial charge in [-0.25, -0.2) is 5.43 Å². The van der Waals surface area contributed by atoms with Crippen LogP contribution in [-0.4, -0.2) is 60.0 Å². The van der Waals surface area contributed by atoms with Crippen LogP contribution in [-0.2, 0) is 0 Å². The highest BCUT2D eigenvalue weighted by molar-refractivity contribution is 5.94. The van der Waals surface area contributed by atoms with Gasteiger partial charge in [0.25, 0.3) is 5.91 Å². The van der Waals surface area contributed by atoms with E-state index in [-0.39, 0.29) is 5.91 Å². The van der Waals surface area contributed by atoms with Crippen LogP contribution in [0, 0.1) is 5.92 Å². The van der Waals surface area contributed by atoms with E-state index >= 15 is 0 Å². The van der Waals surface area contributed by atoms with E-state index in [1.165, 1.54) is 5.17 Å². The first-order valence-corrected chi connectivity index (χ1v) is 8.99. The fraction of sp³-hybridized carbons (Fsp3) is 0.611. The summed E-state index contributed by atoms with van der Waals surface area (Å²) in [5.74, 6) is 0.577. The zero-order chi connectivity index (χ0) is 16.8. The summed E-state index contributed by atoms with van der Waals surface area (Å²) in [5, 5.41) is 14.0. The number of nitrogens with zero attached hydrogens (tertiary/aromatic N) is 2. The quantitative estimate of drug-likeness (QED) is 0.629. The normalized spacial score (nSPS) is 19.6. The number of piperidine rings is 1. The molecule has 132 valence electrons. The Bertz CT molecular complexity index is 513. The Kier molecular flexibility index (Phi) is 6.20. The van der Waals surface area contributed by atoms with Gasteiger partial charge >= 0.3 is 0 Å². The number of hydrazine groups is 1. The van der Waals surface area contributed by atoms with Gasteiger partial charge in [-0.2, -0.15) is 0 Å². The third-order valence-electron chi connectivity index (χ3n) is 4.89. The van der Waals surface area contributed by atoms with E-state index in [0.717, 1.165) is 64.0 Å². The fourth-order valence-electron chi connectivity index (χ4n) is 3.11. The number of carbonyl (C=O) groups excluding carboxylic acids is 1. The number of amides is 1. The summed E-state index contributed by atoms with van der Waals surface area (Å²) in [4.78, 5) is 14.5. The second kappa shape index (κ2) is 8.58. The minimum absolute atomic E-state index is 0.0188. The van der Waals surface area contributed by atoms with E-state index in [1.54, 1.807) is 0 Å². The molecule has 0 spiro atoms. The van der Waals surface area contributed by atoms with Crippen molar-refractivity contribution in [2.45, 2.75) is 31.7 Å². The third-order valence-corrected chi connectivity index (χ3v) is 4.89. The first-order valence-electron chi connectivity index (χ1n) is 8.99. The van der Waals surface area contributed by atoms with Gasteiger partial charge in [0.2, 0.25) is 0 Å². The zero-order valence-corrected chi connectivity index (χ0v) is 14.2. The van der Waals surface area contributed by atoms with Crippen molar-refractivity contribution in [2.24, 2.45) is 5.92 Å². The van der Waals surface area contributed by atoms with Crippen LogP contribution in [0.15, 0.2) is 30.3 Å². The number of carbonyl (C=O) groups is 1. The first-order chi connectivity index (χ1) is 11.7.